The van der Waals surface area contributed by atoms with Gasteiger partial charge in [0.25, 0.3) is 10.0 Å². The number of aryl methyl sites for hydroxylation is 1. The summed E-state index contributed by atoms with van der Waals surface area (Å²) in [5, 5.41) is 0.677. The first kappa shape index (κ1) is 32.8. The quantitative estimate of drug-likeness (QED) is 0.251. The van der Waals surface area contributed by atoms with Crippen molar-refractivity contribution in [1.29, 1.82) is 0 Å². The van der Waals surface area contributed by atoms with Gasteiger partial charge in [0, 0.05) is 54.8 Å². The summed E-state index contributed by atoms with van der Waals surface area (Å²) in [7, 11) is -4.37. The molecule has 0 radical (unpaired) electrons. The summed E-state index contributed by atoms with van der Waals surface area (Å²) in [6.07, 6.45) is 3.67. The van der Waals surface area contributed by atoms with Gasteiger partial charge in [-0.25, -0.2) is 22.2 Å². The zero-order chi connectivity index (χ0) is 31.3. The average Bonchev–Trinajstić information content (AvgIpc) is 3.48. The van der Waals surface area contributed by atoms with Gasteiger partial charge in [-0.15, -0.1) is 11.3 Å². The number of rotatable bonds is 11. The standard InChI is InChI=1S/C30H35ClF2N4O4S2/c1-4-35(5-2)30(39)21-7-6-16-36(19-21)28(38)15-11-24-18-34-29(42-24)20(3)37(27-17-23(32)10-14-26(27)33)43(40,41)25-12-8-22(31)9-13-25/h8-10,12-14,17-18,20-21H,4-7,11,15-16,19H2,1-3H3. The van der Waals surface area contributed by atoms with Crippen molar-refractivity contribution >= 4 is 50.5 Å². The van der Waals surface area contributed by atoms with Crippen LogP contribution in [-0.2, 0) is 26.0 Å². The van der Waals surface area contributed by atoms with E-state index in [1.807, 2.05) is 13.8 Å². The summed E-state index contributed by atoms with van der Waals surface area (Å²) < 4.78 is 57.6. The van der Waals surface area contributed by atoms with Crippen molar-refractivity contribution < 1.29 is 26.8 Å². The molecule has 2 aromatic carbocycles. The predicted octanol–water partition coefficient (Wildman–Crippen LogP) is 6.07. The van der Waals surface area contributed by atoms with Crippen molar-refractivity contribution in [2.75, 3.05) is 30.5 Å². The maximum atomic E-state index is 15.0. The molecule has 1 aliphatic heterocycles. The minimum absolute atomic E-state index is 0.0613. The number of sulfonamides is 1. The topological polar surface area (TPSA) is 90.9 Å². The first-order valence-electron chi connectivity index (χ1n) is 14.2. The first-order chi connectivity index (χ1) is 20.5. The van der Waals surface area contributed by atoms with Crippen molar-refractivity contribution in [3.63, 3.8) is 0 Å². The molecule has 2 unspecified atom stereocenters. The van der Waals surface area contributed by atoms with E-state index in [-0.39, 0.29) is 29.0 Å². The van der Waals surface area contributed by atoms with Gasteiger partial charge in [-0.1, -0.05) is 11.6 Å². The van der Waals surface area contributed by atoms with Crippen LogP contribution >= 0.6 is 22.9 Å². The lowest BCUT2D eigenvalue weighted by Gasteiger charge is -2.34. The number of piperidine rings is 1. The highest BCUT2D eigenvalue weighted by Crippen LogP contribution is 2.37. The number of carbonyl (C=O) groups excluding carboxylic acids is 2. The van der Waals surface area contributed by atoms with E-state index in [1.165, 1.54) is 35.6 Å². The summed E-state index contributed by atoms with van der Waals surface area (Å²) in [4.78, 5) is 34.4. The van der Waals surface area contributed by atoms with E-state index in [9.17, 15) is 26.8 Å². The summed E-state index contributed by atoms with van der Waals surface area (Å²) in [5.41, 5.74) is -0.451. The molecule has 1 aliphatic rings. The molecule has 0 spiro atoms. The molecule has 2 amide bonds. The van der Waals surface area contributed by atoms with E-state index in [2.05, 4.69) is 4.98 Å². The zero-order valence-corrected chi connectivity index (χ0v) is 26.7. The van der Waals surface area contributed by atoms with Crippen LogP contribution in [0, 0.1) is 17.6 Å². The number of amides is 2. The highest BCUT2D eigenvalue weighted by Gasteiger charge is 2.34. The number of hydrogen-bond donors (Lipinski definition) is 0. The Kier molecular flexibility index (Phi) is 10.8. The Morgan fingerprint density at radius 3 is 2.51 bits per heavy atom. The molecule has 43 heavy (non-hydrogen) atoms. The normalized spacial score (nSPS) is 16.1. The molecular formula is C30H35ClF2N4O4S2. The number of hydrogen-bond acceptors (Lipinski definition) is 6. The minimum atomic E-state index is -4.37. The molecule has 1 aromatic heterocycles. The highest BCUT2D eigenvalue weighted by atomic mass is 35.5. The SMILES string of the molecule is CCN(CC)C(=O)C1CCCN(C(=O)CCc2cnc(C(C)N(c3cc(F)ccc3F)S(=O)(=O)c3ccc(Cl)cc3)s2)C1. The number of halogens is 3. The zero-order valence-electron chi connectivity index (χ0n) is 24.3. The molecule has 1 saturated heterocycles. The van der Waals surface area contributed by atoms with Crippen LogP contribution in [0.15, 0.2) is 53.6 Å². The van der Waals surface area contributed by atoms with E-state index < -0.39 is 33.4 Å². The van der Waals surface area contributed by atoms with Gasteiger partial charge in [-0.3, -0.25) is 13.9 Å². The molecule has 4 rings (SSSR count). The smallest absolute Gasteiger partial charge is 0.265 e. The molecule has 0 N–H and O–H groups in total. The van der Waals surface area contributed by atoms with Crippen molar-refractivity contribution in [1.82, 2.24) is 14.8 Å². The third kappa shape index (κ3) is 7.53. The molecule has 0 saturated carbocycles. The molecular weight excluding hydrogens is 618 g/mol. The van der Waals surface area contributed by atoms with Crippen LogP contribution in [0.3, 0.4) is 0 Å². The molecule has 232 valence electrons. The fourth-order valence-corrected chi connectivity index (χ4v) is 8.01. The fourth-order valence-electron chi connectivity index (χ4n) is 5.24. The predicted molar refractivity (Wildman–Crippen MR) is 164 cm³/mol. The Morgan fingerprint density at radius 1 is 1.14 bits per heavy atom. The van der Waals surface area contributed by atoms with Gasteiger partial charge in [-0.05, 0) is 76.4 Å². The largest absolute Gasteiger partial charge is 0.343 e. The first-order valence-corrected chi connectivity index (χ1v) is 16.9. The number of thiazole rings is 1. The van der Waals surface area contributed by atoms with E-state index in [1.54, 1.807) is 22.9 Å². The number of carbonyl (C=O) groups is 2. The Balaban J connectivity index is 1.51. The summed E-state index contributed by atoms with van der Waals surface area (Å²) in [5.74, 6) is -1.89. The summed E-state index contributed by atoms with van der Waals surface area (Å²) >= 11 is 7.15. The van der Waals surface area contributed by atoms with E-state index in [0.29, 0.717) is 42.6 Å². The van der Waals surface area contributed by atoms with Crippen LogP contribution in [0.2, 0.25) is 5.02 Å². The van der Waals surface area contributed by atoms with Crippen LogP contribution in [0.5, 0.6) is 0 Å². The van der Waals surface area contributed by atoms with Gasteiger partial charge in [0.2, 0.25) is 11.8 Å². The number of aromatic nitrogens is 1. The average molecular weight is 653 g/mol. The van der Waals surface area contributed by atoms with E-state index in [4.69, 9.17) is 11.6 Å². The lowest BCUT2D eigenvalue weighted by Crippen LogP contribution is -2.46. The maximum Gasteiger partial charge on any atom is 0.265 e. The minimum Gasteiger partial charge on any atom is -0.343 e. The van der Waals surface area contributed by atoms with Crippen molar-refractivity contribution in [3.05, 3.63) is 75.2 Å². The van der Waals surface area contributed by atoms with Crippen LogP contribution in [0.1, 0.15) is 56.0 Å². The molecule has 13 heteroatoms. The summed E-state index contributed by atoms with van der Waals surface area (Å²) in [6.45, 7) is 7.70. The van der Waals surface area contributed by atoms with Gasteiger partial charge >= 0.3 is 0 Å². The molecule has 1 fully saturated rings. The molecule has 2 heterocycles. The highest BCUT2D eigenvalue weighted by molar-refractivity contribution is 7.92. The van der Waals surface area contributed by atoms with Gasteiger partial charge < -0.3 is 9.80 Å². The van der Waals surface area contributed by atoms with Gasteiger partial charge in [0.05, 0.1) is 22.5 Å². The van der Waals surface area contributed by atoms with E-state index in [0.717, 1.165) is 40.2 Å². The number of anilines is 1. The fraction of sp³-hybridized carbons (Fsp3) is 0.433. The maximum absolute atomic E-state index is 15.0. The third-order valence-corrected chi connectivity index (χ3v) is 11.0. The van der Waals surface area contributed by atoms with Gasteiger partial charge in [0.15, 0.2) is 0 Å². The van der Waals surface area contributed by atoms with Crippen LogP contribution < -0.4 is 4.31 Å². The summed E-state index contributed by atoms with van der Waals surface area (Å²) in [6, 6.07) is 7.04. The van der Waals surface area contributed by atoms with Crippen molar-refractivity contribution in [2.24, 2.45) is 5.92 Å². The molecule has 2 atom stereocenters. The molecule has 0 bridgehead atoms. The second-order valence-electron chi connectivity index (χ2n) is 10.4. The Labute approximate surface area is 260 Å². The second-order valence-corrected chi connectivity index (χ2v) is 13.8. The number of nitrogens with zero attached hydrogens (tertiary/aromatic N) is 4. The van der Waals surface area contributed by atoms with Crippen molar-refractivity contribution in [3.8, 4) is 0 Å². The monoisotopic (exact) mass is 652 g/mol. The van der Waals surface area contributed by atoms with Crippen LogP contribution in [-0.4, -0.2) is 61.2 Å². The van der Waals surface area contributed by atoms with Crippen molar-refractivity contribution in [2.45, 2.75) is 57.4 Å². The van der Waals surface area contributed by atoms with Crippen LogP contribution in [0.25, 0.3) is 0 Å². The number of benzene rings is 2. The molecule has 8 nitrogen and oxygen atoms in total. The molecule has 0 aliphatic carbocycles. The van der Waals surface area contributed by atoms with E-state index >= 15 is 0 Å². The second kappa shape index (κ2) is 14.1. The Bertz CT molecular complexity index is 1550. The Hall–Kier alpha value is -3.09. The van der Waals surface area contributed by atoms with Gasteiger partial charge in [-0.2, -0.15) is 0 Å². The lowest BCUT2D eigenvalue weighted by atomic mass is 9.96. The third-order valence-electron chi connectivity index (χ3n) is 7.58. The Morgan fingerprint density at radius 2 is 1.84 bits per heavy atom. The van der Waals surface area contributed by atoms with Crippen LogP contribution in [0.4, 0.5) is 14.5 Å². The lowest BCUT2D eigenvalue weighted by molar-refractivity contribution is -0.140. The van der Waals surface area contributed by atoms with Gasteiger partial charge in [0.1, 0.15) is 16.6 Å². The molecule has 3 aromatic rings. The number of likely N-dealkylation sites (tertiary alicyclic amines) is 1.